The molecular weight excluding hydrogens is 301 g/mol. The van der Waals surface area contributed by atoms with E-state index in [-0.39, 0.29) is 12.5 Å². The highest BCUT2D eigenvalue weighted by Gasteiger charge is 2.10. The summed E-state index contributed by atoms with van der Waals surface area (Å²) in [5, 5.41) is 9.35. The Bertz CT molecular complexity index is 672. The fourth-order valence-electron chi connectivity index (χ4n) is 1.95. The number of hydrogen-bond donors (Lipinski definition) is 2. The van der Waals surface area contributed by atoms with Gasteiger partial charge in [-0.2, -0.15) is 0 Å². The molecule has 0 atom stereocenters. The second-order valence-electron chi connectivity index (χ2n) is 4.81. The summed E-state index contributed by atoms with van der Waals surface area (Å²) in [6, 6.07) is 7.47. The molecule has 1 amide bonds. The number of carbonyl (C=O) groups is 1. The Kier molecular flexibility index (Phi) is 5.67. The topological polar surface area (TPSA) is 82.8 Å². The summed E-state index contributed by atoms with van der Waals surface area (Å²) in [5.74, 6) is -0.173. The average Bonchev–Trinajstić information content (AvgIpc) is 3.00. The number of guanidine groups is 1. The van der Waals surface area contributed by atoms with E-state index in [9.17, 15) is 9.18 Å². The Morgan fingerprint density at radius 3 is 2.91 bits per heavy atom. The third-order valence-corrected chi connectivity index (χ3v) is 2.98. The third-order valence-electron chi connectivity index (χ3n) is 2.98. The van der Waals surface area contributed by atoms with E-state index in [2.05, 4.69) is 20.8 Å². The van der Waals surface area contributed by atoms with E-state index < -0.39 is 5.82 Å². The molecule has 0 saturated heterocycles. The Morgan fingerprint density at radius 2 is 2.26 bits per heavy atom. The molecule has 0 aliphatic heterocycles. The maximum atomic E-state index is 13.1. The lowest BCUT2D eigenvalue weighted by molar-refractivity contribution is -0.115. The number of aliphatic imine (C=N–C) groups is 1. The van der Waals surface area contributed by atoms with Crippen LogP contribution in [0, 0.1) is 5.82 Å². The number of amides is 1. The Labute approximate surface area is 133 Å². The van der Waals surface area contributed by atoms with Crippen LogP contribution in [0.4, 0.5) is 10.1 Å². The van der Waals surface area contributed by atoms with Gasteiger partial charge in [-0.3, -0.25) is 9.79 Å². The van der Waals surface area contributed by atoms with E-state index >= 15 is 0 Å². The number of carbonyl (C=O) groups excluding carboxylic acids is 1. The minimum absolute atomic E-state index is 0.00629. The molecule has 0 radical (unpaired) electrons. The van der Waals surface area contributed by atoms with Crippen molar-refractivity contribution in [2.24, 2.45) is 4.99 Å². The fraction of sp³-hybridized carbons (Fsp3) is 0.267. The standard InChI is InChI=1S/C15H18FN5O2/c1-17-15(21(2)10-13-6-7-23-20-13)18-9-14(22)19-12-5-3-4-11(16)8-12/h3-8H,9-10H2,1-2H3,(H,17,18)(H,19,22). The maximum absolute atomic E-state index is 13.1. The van der Waals surface area contributed by atoms with Crippen molar-refractivity contribution in [1.29, 1.82) is 0 Å². The maximum Gasteiger partial charge on any atom is 0.243 e. The summed E-state index contributed by atoms with van der Waals surface area (Å²) in [6.07, 6.45) is 1.49. The van der Waals surface area contributed by atoms with Crippen molar-refractivity contribution in [2.45, 2.75) is 6.54 Å². The van der Waals surface area contributed by atoms with Gasteiger partial charge in [-0.05, 0) is 18.2 Å². The van der Waals surface area contributed by atoms with Gasteiger partial charge < -0.3 is 20.1 Å². The molecule has 2 aromatic rings. The van der Waals surface area contributed by atoms with Crippen LogP contribution in [0.5, 0.6) is 0 Å². The molecule has 0 saturated carbocycles. The van der Waals surface area contributed by atoms with Gasteiger partial charge >= 0.3 is 0 Å². The van der Waals surface area contributed by atoms with Crippen LogP contribution in [0.25, 0.3) is 0 Å². The van der Waals surface area contributed by atoms with Gasteiger partial charge in [0.15, 0.2) is 5.96 Å². The predicted molar refractivity (Wildman–Crippen MR) is 84.4 cm³/mol. The summed E-state index contributed by atoms with van der Waals surface area (Å²) < 4.78 is 17.8. The number of anilines is 1. The van der Waals surface area contributed by atoms with Crippen LogP contribution >= 0.6 is 0 Å². The molecular formula is C15H18FN5O2. The van der Waals surface area contributed by atoms with E-state index in [0.717, 1.165) is 5.69 Å². The zero-order valence-electron chi connectivity index (χ0n) is 12.9. The van der Waals surface area contributed by atoms with Crippen LogP contribution in [0.2, 0.25) is 0 Å². The number of nitrogens with zero attached hydrogens (tertiary/aromatic N) is 3. The molecule has 1 aromatic heterocycles. The van der Waals surface area contributed by atoms with Crippen LogP contribution in [0.15, 0.2) is 46.1 Å². The quantitative estimate of drug-likeness (QED) is 0.644. The Morgan fingerprint density at radius 1 is 1.43 bits per heavy atom. The summed E-state index contributed by atoms with van der Waals surface area (Å²) in [4.78, 5) is 17.8. The number of halogens is 1. The van der Waals surface area contributed by atoms with E-state index in [1.807, 2.05) is 7.05 Å². The lowest BCUT2D eigenvalue weighted by Gasteiger charge is -2.20. The van der Waals surface area contributed by atoms with Gasteiger partial charge in [0.1, 0.15) is 17.8 Å². The predicted octanol–water partition coefficient (Wildman–Crippen LogP) is 1.46. The lowest BCUT2D eigenvalue weighted by atomic mass is 10.3. The van der Waals surface area contributed by atoms with Crippen LogP contribution in [-0.2, 0) is 11.3 Å². The van der Waals surface area contributed by atoms with Crippen molar-refractivity contribution >= 4 is 17.6 Å². The second kappa shape index (κ2) is 7.92. The van der Waals surface area contributed by atoms with Crippen molar-refractivity contribution in [1.82, 2.24) is 15.4 Å². The van der Waals surface area contributed by atoms with Crippen molar-refractivity contribution in [3.63, 3.8) is 0 Å². The zero-order valence-corrected chi connectivity index (χ0v) is 12.9. The molecule has 2 rings (SSSR count). The van der Waals surface area contributed by atoms with Gasteiger partial charge in [-0.25, -0.2) is 4.39 Å². The third kappa shape index (κ3) is 5.10. The summed E-state index contributed by atoms with van der Waals surface area (Å²) in [5.41, 5.74) is 1.16. The molecule has 0 spiro atoms. The van der Waals surface area contributed by atoms with Gasteiger partial charge in [0.2, 0.25) is 5.91 Å². The van der Waals surface area contributed by atoms with Crippen LogP contribution in [-0.4, -0.2) is 42.6 Å². The molecule has 8 heteroatoms. The first kappa shape index (κ1) is 16.5. The van der Waals surface area contributed by atoms with Crippen LogP contribution in [0.3, 0.4) is 0 Å². The van der Waals surface area contributed by atoms with E-state index in [0.29, 0.717) is 18.2 Å². The molecule has 0 aliphatic rings. The number of benzene rings is 1. The zero-order chi connectivity index (χ0) is 16.7. The molecule has 0 bridgehead atoms. The minimum Gasteiger partial charge on any atom is -0.364 e. The second-order valence-corrected chi connectivity index (χ2v) is 4.81. The Hall–Kier alpha value is -2.90. The normalized spacial score (nSPS) is 11.2. The monoisotopic (exact) mass is 319 g/mol. The highest BCUT2D eigenvalue weighted by molar-refractivity contribution is 5.94. The van der Waals surface area contributed by atoms with E-state index in [1.165, 1.54) is 24.5 Å². The van der Waals surface area contributed by atoms with Gasteiger partial charge in [0, 0.05) is 25.8 Å². The molecule has 2 N–H and O–H groups in total. The summed E-state index contributed by atoms with van der Waals surface area (Å²) in [7, 11) is 3.43. The molecule has 1 heterocycles. The number of aromatic nitrogens is 1. The van der Waals surface area contributed by atoms with Crippen molar-refractivity contribution in [3.05, 3.63) is 48.1 Å². The Balaban J connectivity index is 1.84. The highest BCUT2D eigenvalue weighted by Crippen LogP contribution is 2.08. The van der Waals surface area contributed by atoms with Gasteiger partial charge in [-0.15, -0.1) is 0 Å². The molecule has 0 aliphatic carbocycles. The minimum atomic E-state index is -0.404. The number of hydrogen-bond acceptors (Lipinski definition) is 4. The highest BCUT2D eigenvalue weighted by atomic mass is 19.1. The van der Waals surface area contributed by atoms with Crippen molar-refractivity contribution < 1.29 is 13.7 Å². The molecule has 0 unspecified atom stereocenters. The van der Waals surface area contributed by atoms with E-state index in [4.69, 9.17) is 4.52 Å². The first-order chi connectivity index (χ1) is 11.1. The first-order valence-corrected chi connectivity index (χ1v) is 6.95. The summed E-state index contributed by atoms with van der Waals surface area (Å²) >= 11 is 0. The lowest BCUT2D eigenvalue weighted by Crippen LogP contribution is -2.42. The molecule has 122 valence electrons. The molecule has 23 heavy (non-hydrogen) atoms. The first-order valence-electron chi connectivity index (χ1n) is 6.95. The molecule has 7 nitrogen and oxygen atoms in total. The van der Waals surface area contributed by atoms with Gasteiger partial charge in [0.05, 0.1) is 13.1 Å². The largest absolute Gasteiger partial charge is 0.364 e. The van der Waals surface area contributed by atoms with Crippen LogP contribution in [0.1, 0.15) is 5.69 Å². The average molecular weight is 319 g/mol. The summed E-state index contributed by atoms with van der Waals surface area (Å²) in [6.45, 7) is 0.494. The molecule has 1 aromatic carbocycles. The van der Waals surface area contributed by atoms with E-state index in [1.54, 1.807) is 24.1 Å². The van der Waals surface area contributed by atoms with Crippen molar-refractivity contribution in [3.8, 4) is 0 Å². The van der Waals surface area contributed by atoms with Gasteiger partial charge in [0.25, 0.3) is 0 Å². The fourth-order valence-corrected chi connectivity index (χ4v) is 1.95. The molecule has 0 fully saturated rings. The SMILES string of the molecule is CN=C(NCC(=O)Nc1cccc(F)c1)N(C)Cc1ccon1. The number of nitrogens with one attached hydrogen (secondary N) is 2. The number of rotatable bonds is 5. The smallest absolute Gasteiger partial charge is 0.243 e. The van der Waals surface area contributed by atoms with Crippen molar-refractivity contribution in [2.75, 3.05) is 26.0 Å². The van der Waals surface area contributed by atoms with Crippen LogP contribution < -0.4 is 10.6 Å². The van der Waals surface area contributed by atoms with Gasteiger partial charge in [-0.1, -0.05) is 11.2 Å².